The molecule has 50 heavy (non-hydrogen) atoms. The summed E-state index contributed by atoms with van der Waals surface area (Å²) in [7, 11) is -22.2. The molecular formula is C23H46F5O14Si8. The summed E-state index contributed by atoms with van der Waals surface area (Å²) in [5, 5.41) is 0. The first-order chi connectivity index (χ1) is 22.9. The third-order valence-corrected chi connectivity index (χ3v) is 33.7. The Labute approximate surface area is 299 Å². The summed E-state index contributed by atoms with van der Waals surface area (Å²) in [6.07, 6.45) is -0.576. The molecule has 1 aromatic carbocycles. The van der Waals surface area contributed by atoms with Gasteiger partial charge in [-0.2, -0.15) is 0 Å². The molecular weight excluding hydrogens is 820 g/mol. The maximum absolute atomic E-state index is 14.6. The van der Waals surface area contributed by atoms with Gasteiger partial charge in [0, 0.05) is 67.9 Å². The molecule has 0 aliphatic carbocycles. The highest BCUT2D eigenvalue weighted by molar-refractivity contribution is 6.89. The molecule has 3 unspecified atom stereocenters. The molecule has 1 aliphatic heterocycles. The van der Waals surface area contributed by atoms with Gasteiger partial charge in [0.05, 0.1) is 0 Å². The van der Waals surface area contributed by atoms with Crippen LogP contribution in [0.25, 0.3) is 0 Å². The van der Waals surface area contributed by atoms with Gasteiger partial charge in [0.2, 0.25) is 14.1 Å². The Balaban J connectivity index is 2.71. The Kier molecular flexibility index (Phi) is 16.1. The van der Waals surface area contributed by atoms with Crippen molar-refractivity contribution in [3.05, 3.63) is 46.9 Å². The summed E-state index contributed by atoms with van der Waals surface area (Å²) in [5.74, 6) is -10.2. The lowest BCUT2D eigenvalue weighted by molar-refractivity contribution is -0.0190. The highest BCUT2D eigenvalue weighted by atomic mass is 28.6. The molecule has 27 heteroatoms. The SMILES string of the molecule is C=C[Si](C)(C)O[Si]1O[Si](C)(OC)O[Si](C)(OC)O[Si](C)(O[Si](C)(C)CCc2c(F)c(F)c(F)c(F)c2F)O[Si](OC)(OC)O[Si](OC)(OC)O1. The predicted octanol–water partition coefficient (Wildman–Crippen LogP) is 4.65. The van der Waals surface area contributed by atoms with Crippen molar-refractivity contribution in [3.63, 3.8) is 0 Å². The lowest BCUT2D eigenvalue weighted by Crippen LogP contribution is -2.71. The fourth-order valence-corrected chi connectivity index (χ4v) is 31.8. The van der Waals surface area contributed by atoms with Crippen LogP contribution in [0.4, 0.5) is 22.0 Å². The number of hydrogen-bond acceptors (Lipinski definition) is 14. The van der Waals surface area contributed by atoms with Crippen molar-refractivity contribution in [2.24, 2.45) is 0 Å². The zero-order chi connectivity index (χ0) is 38.6. The summed E-state index contributed by atoms with van der Waals surface area (Å²) in [6, 6.07) is -0.167. The normalized spacial score (nSPS) is 27.1. The molecule has 0 spiro atoms. The van der Waals surface area contributed by atoms with Crippen LogP contribution >= 0.6 is 0 Å². The Morgan fingerprint density at radius 2 is 1.08 bits per heavy atom. The van der Waals surface area contributed by atoms with Gasteiger partial charge in [0.15, 0.2) is 31.6 Å². The van der Waals surface area contributed by atoms with Crippen LogP contribution in [0.2, 0.25) is 51.9 Å². The predicted molar refractivity (Wildman–Crippen MR) is 183 cm³/mol. The van der Waals surface area contributed by atoms with Crippen LogP contribution in [0.5, 0.6) is 0 Å². The second kappa shape index (κ2) is 17.5. The van der Waals surface area contributed by atoms with Crippen LogP contribution in [-0.4, -0.2) is 113 Å². The minimum Gasteiger partial charge on any atom is -0.417 e. The summed E-state index contributed by atoms with van der Waals surface area (Å²) < 4.78 is 156. The quantitative estimate of drug-likeness (QED) is 0.111. The van der Waals surface area contributed by atoms with E-state index in [0.717, 1.165) is 0 Å². The Morgan fingerprint density at radius 1 is 0.620 bits per heavy atom. The van der Waals surface area contributed by atoms with E-state index in [1.165, 1.54) is 55.8 Å². The van der Waals surface area contributed by atoms with E-state index in [9.17, 15) is 22.0 Å². The highest BCUT2D eigenvalue weighted by Crippen LogP contribution is 2.34. The molecule has 1 heterocycles. The Morgan fingerprint density at radius 3 is 1.52 bits per heavy atom. The van der Waals surface area contributed by atoms with Crippen LogP contribution in [0.15, 0.2) is 12.3 Å². The molecule has 2 rings (SSSR count). The summed E-state index contributed by atoms with van der Waals surface area (Å²) in [5.41, 5.74) is 0.659. The minimum atomic E-state index is -4.51. The lowest BCUT2D eigenvalue weighted by Gasteiger charge is -2.45. The second-order valence-electron chi connectivity index (χ2n) is 12.0. The summed E-state index contributed by atoms with van der Waals surface area (Å²) in [6.45, 7) is 15.3. The molecule has 1 saturated heterocycles. The average molecular weight is 866 g/mol. The molecule has 289 valence electrons. The van der Waals surface area contributed by atoms with Gasteiger partial charge in [-0.05, 0) is 38.7 Å². The second-order valence-corrected chi connectivity index (χ2v) is 36.3. The van der Waals surface area contributed by atoms with E-state index in [2.05, 4.69) is 6.58 Å². The maximum Gasteiger partial charge on any atom is 0.665 e. The average Bonchev–Trinajstić information content (AvgIpc) is 3.04. The van der Waals surface area contributed by atoms with Gasteiger partial charge in [-0.3, -0.25) is 0 Å². The van der Waals surface area contributed by atoms with Gasteiger partial charge in [0.25, 0.3) is 0 Å². The topological polar surface area (TPSA) is 129 Å². The molecule has 3 atom stereocenters. The minimum absolute atomic E-state index is 0.167. The van der Waals surface area contributed by atoms with Crippen LogP contribution in [-0.2, 0) is 65.9 Å². The van der Waals surface area contributed by atoms with Gasteiger partial charge in [-0.25, -0.2) is 22.0 Å². The summed E-state index contributed by atoms with van der Waals surface area (Å²) >= 11 is 0. The van der Waals surface area contributed by atoms with Gasteiger partial charge in [-0.1, -0.05) is 5.70 Å². The molecule has 14 nitrogen and oxygen atoms in total. The monoisotopic (exact) mass is 865 g/mol. The van der Waals surface area contributed by atoms with Gasteiger partial charge >= 0.3 is 54.0 Å². The molecule has 0 bridgehead atoms. The van der Waals surface area contributed by atoms with E-state index in [1.54, 1.807) is 25.3 Å². The molecule has 0 saturated carbocycles. The third kappa shape index (κ3) is 11.4. The van der Waals surface area contributed by atoms with Crippen LogP contribution < -0.4 is 0 Å². The number of rotatable bonds is 14. The van der Waals surface area contributed by atoms with Crippen molar-refractivity contribution in [2.75, 3.05) is 42.7 Å². The molecule has 0 aromatic heterocycles. The molecule has 1 aliphatic rings. The van der Waals surface area contributed by atoms with Crippen LogP contribution in [0, 0.1) is 29.1 Å². The van der Waals surface area contributed by atoms with E-state index in [0.29, 0.717) is 0 Å². The van der Waals surface area contributed by atoms with E-state index in [-0.39, 0.29) is 6.04 Å². The zero-order valence-electron chi connectivity index (χ0n) is 30.3. The first-order valence-corrected chi connectivity index (χ1v) is 32.1. The smallest absolute Gasteiger partial charge is 0.417 e. The highest BCUT2D eigenvalue weighted by Gasteiger charge is 2.67. The molecule has 1 aromatic rings. The molecule has 0 N–H and O–H groups in total. The van der Waals surface area contributed by atoms with Crippen molar-refractivity contribution in [1.29, 1.82) is 0 Å². The van der Waals surface area contributed by atoms with E-state index < -0.39 is 112 Å². The first kappa shape index (κ1) is 45.9. The maximum atomic E-state index is 14.6. The number of benzene rings is 1. The Bertz CT molecular complexity index is 1310. The van der Waals surface area contributed by atoms with Crippen molar-refractivity contribution in [2.45, 2.75) is 58.3 Å². The third-order valence-electron chi connectivity index (χ3n) is 7.10. The fourth-order valence-electron chi connectivity index (χ4n) is 4.29. The molecule has 1 fully saturated rings. The largest absolute Gasteiger partial charge is 0.665 e. The van der Waals surface area contributed by atoms with Crippen molar-refractivity contribution < 1.29 is 81.4 Å². The van der Waals surface area contributed by atoms with E-state index in [4.69, 9.17) is 59.5 Å². The zero-order valence-corrected chi connectivity index (χ0v) is 38.3. The summed E-state index contributed by atoms with van der Waals surface area (Å²) in [4.78, 5) is 0. The van der Waals surface area contributed by atoms with Crippen molar-refractivity contribution in [3.8, 4) is 0 Å². The van der Waals surface area contributed by atoms with E-state index >= 15 is 0 Å². The Hall–Kier alpha value is -0.215. The number of halogens is 5. The standard InChI is InChI=1S/C23H46F5O14Si8/c1-15-44(8,9)35-43-36-46(12,29-2)39-47(13,30-3)40-48(14,41-50(33-6,34-7)42-49(31-4,32-5)37-43)38-45(10,11)17-16-18-19(24)21(26)23(28)22(27)20(18)25/h15H,1,16-17H2,2-14H3. The van der Waals surface area contributed by atoms with Crippen molar-refractivity contribution in [1.82, 2.24) is 0 Å². The van der Waals surface area contributed by atoms with Crippen LogP contribution in [0.1, 0.15) is 5.56 Å². The fraction of sp³-hybridized carbons (Fsp3) is 0.652. The van der Waals surface area contributed by atoms with Gasteiger partial charge in [0.1, 0.15) is 0 Å². The molecule has 1 radical (unpaired) electrons. The first-order valence-electron chi connectivity index (χ1n) is 14.8. The molecule has 0 amide bonds. The van der Waals surface area contributed by atoms with Crippen LogP contribution in [0.3, 0.4) is 0 Å². The lowest BCUT2D eigenvalue weighted by atomic mass is 10.1. The number of hydrogen-bond donors (Lipinski definition) is 0. The van der Waals surface area contributed by atoms with Crippen molar-refractivity contribution >= 4 is 70.7 Å². The van der Waals surface area contributed by atoms with Gasteiger partial charge < -0.3 is 59.5 Å². The van der Waals surface area contributed by atoms with E-state index in [1.807, 2.05) is 13.1 Å². The van der Waals surface area contributed by atoms with Gasteiger partial charge in [-0.15, -0.1) is 6.58 Å².